The molecule has 0 spiro atoms. The third-order valence-electron chi connectivity index (χ3n) is 2.78. The highest BCUT2D eigenvalue weighted by Gasteiger charge is 2.17. The molecular formula is C13H22ClN3O. The molecule has 1 aromatic rings. The van der Waals surface area contributed by atoms with E-state index in [0.29, 0.717) is 17.7 Å². The molecule has 18 heavy (non-hydrogen) atoms. The molecule has 0 amide bonds. The molecule has 1 aromatic heterocycles. The van der Waals surface area contributed by atoms with Crippen LogP contribution in [0.1, 0.15) is 39.2 Å². The molecule has 0 saturated heterocycles. The second kappa shape index (κ2) is 7.54. The number of likely N-dealkylation sites (N-methyl/N-ethyl adjacent to an activating group) is 1. The minimum absolute atomic E-state index is 0.301. The highest BCUT2D eigenvalue weighted by Crippen LogP contribution is 2.30. The maximum atomic E-state index is 6.18. The third-order valence-corrected chi connectivity index (χ3v) is 3.08. The Labute approximate surface area is 114 Å². The van der Waals surface area contributed by atoms with Crippen LogP contribution in [0, 0.1) is 0 Å². The Morgan fingerprint density at radius 1 is 1.33 bits per heavy atom. The van der Waals surface area contributed by atoms with Gasteiger partial charge in [-0.25, -0.2) is 9.97 Å². The fraction of sp³-hybridized carbons (Fsp3) is 0.692. The predicted octanol–water partition coefficient (Wildman–Crippen LogP) is 3.12. The Kier molecular flexibility index (Phi) is 6.36. The number of hydrogen-bond donors (Lipinski definition) is 0. The SMILES string of the molecule is CCOCCN(CC)c1ncnc(Cl)c1C(C)C. The highest BCUT2D eigenvalue weighted by molar-refractivity contribution is 6.30. The molecule has 0 bridgehead atoms. The molecular weight excluding hydrogens is 250 g/mol. The Morgan fingerprint density at radius 3 is 2.61 bits per heavy atom. The van der Waals surface area contributed by atoms with Gasteiger partial charge < -0.3 is 9.64 Å². The van der Waals surface area contributed by atoms with Gasteiger partial charge in [-0.2, -0.15) is 0 Å². The molecule has 0 aliphatic heterocycles. The number of halogens is 1. The molecule has 0 saturated carbocycles. The van der Waals surface area contributed by atoms with Crippen LogP contribution in [0.25, 0.3) is 0 Å². The molecule has 102 valence electrons. The van der Waals surface area contributed by atoms with Gasteiger partial charge in [0.25, 0.3) is 0 Å². The van der Waals surface area contributed by atoms with Gasteiger partial charge in [0.2, 0.25) is 0 Å². The quantitative estimate of drug-likeness (QED) is 0.564. The van der Waals surface area contributed by atoms with E-state index in [1.165, 1.54) is 6.33 Å². The van der Waals surface area contributed by atoms with Gasteiger partial charge >= 0.3 is 0 Å². The van der Waals surface area contributed by atoms with E-state index in [9.17, 15) is 0 Å². The first-order valence-corrected chi connectivity index (χ1v) is 6.82. The lowest BCUT2D eigenvalue weighted by molar-refractivity contribution is 0.154. The first kappa shape index (κ1) is 15.2. The number of anilines is 1. The predicted molar refractivity (Wildman–Crippen MR) is 75.5 cm³/mol. The summed E-state index contributed by atoms with van der Waals surface area (Å²) >= 11 is 6.18. The van der Waals surface area contributed by atoms with E-state index in [4.69, 9.17) is 16.3 Å². The molecule has 0 aliphatic rings. The lowest BCUT2D eigenvalue weighted by Crippen LogP contribution is -2.29. The van der Waals surface area contributed by atoms with Crippen LogP contribution in [-0.4, -0.2) is 36.3 Å². The Morgan fingerprint density at radius 2 is 2.06 bits per heavy atom. The smallest absolute Gasteiger partial charge is 0.138 e. The molecule has 0 aliphatic carbocycles. The number of aromatic nitrogens is 2. The summed E-state index contributed by atoms with van der Waals surface area (Å²) in [7, 11) is 0. The summed E-state index contributed by atoms with van der Waals surface area (Å²) in [6, 6.07) is 0. The zero-order chi connectivity index (χ0) is 13.5. The average molecular weight is 272 g/mol. The van der Waals surface area contributed by atoms with E-state index in [-0.39, 0.29) is 0 Å². The molecule has 4 nitrogen and oxygen atoms in total. The van der Waals surface area contributed by atoms with Gasteiger partial charge in [-0.3, -0.25) is 0 Å². The molecule has 0 fully saturated rings. The molecule has 1 heterocycles. The molecule has 1 rings (SSSR count). The second-order valence-corrected chi connectivity index (χ2v) is 4.69. The monoisotopic (exact) mass is 271 g/mol. The minimum atomic E-state index is 0.301. The van der Waals surface area contributed by atoms with Crippen LogP contribution in [0.15, 0.2) is 6.33 Å². The van der Waals surface area contributed by atoms with Gasteiger partial charge in [0.1, 0.15) is 17.3 Å². The topological polar surface area (TPSA) is 38.2 Å². The summed E-state index contributed by atoms with van der Waals surface area (Å²) in [4.78, 5) is 10.6. The number of hydrogen-bond acceptors (Lipinski definition) is 4. The van der Waals surface area contributed by atoms with Crippen LogP contribution >= 0.6 is 11.6 Å². The van der Waals surface area contributed by atoms with Crippen LogP contribution < -0.4 is 4.90 Å². The third kappa shape index (κ3) is 3.82. The van der Waals surface area contributed by atoms with Crippen molar-refractivity contribution < 1.29 is 4.74 Å². The van der Waals surface area contributed by atoms with Crippen molar-refractivity contribution >= 4 is 17.4 Å². The van der Waals surface area contributed by atoms with E-state index < -0.39 is 0 Å². The molecule has 0 radical (unpaired) electrons. The molecule has 0 atom stereocenters. The summed E-state index contributed by atoms with van der Waals surface area (Å²) in [6.45, 7) is 11.4. The summed E-state index contributed by atoms with van der Waals surface area (Å²) in [6.07, 6.45) is 1.52. The van der Waals surface area contributed by atoms with Crippen molar-refractivity contribution in [1.82, 2.24) is 9.97 Å². The van der Waals surface area contributed by atoms with Crippen molar-refractivity contribution in [3.63, 3.8) is 0 Å². The molecule has 5 heteroatoms. The number of nitrogens with zero attached hydrogens (tertiary/aromatic N) is 3. The van der Waals surface area contributed by atoms with Crippen molar-refractivity contribution in [2.24, 2.45) is 0 Å². The average Bonchev–Trinajstić information content (AvgIpc) is 2.34. The largest absolute Gasteiger partial charge is 0.380 e. The van der Waals surface area contributed by atoms with Crippen molar-refractivity contribution in [2.45, 2.75) is 33.6 Å². The van der Waals surface area contributed by atoms with Gasteiger partial charge in [0.05, 0.1) is 6.61 Å². The van der Waals surface area contributed by atoms with Crippen LogP contribution in [0.3, 0.4) is 0 Å². The van der Waals surface area contributed by atoms with Crippen LogP contribution in [0.2, 0.25) is 5.15 Å². The summed E-state index contributed by atoms with van der Waals surface area (Å²) < 4.78 is 5.40. The lowest BCUT2D eigenvalue weighted by Gasteiger charge is -2.25. The lowest BCUT2D eigenvalue weighted by atomic mass is 10.1. The fourth-order valence-corrected chi connectivity index (χ4v) is 2.19. The van der Waals surface area contributed by atoms with E-state index >= 15 is 0 Å². The van der Waals surface area contributed by atoms with Crippen LogP contribution in [-0.2, 0) is 4.74 Å². The maximum absolute atomic E-state index is 6.18. The van der Waals surface area contributed by atoms with Crippen LogP contribution in [0.4, 0.5) is 5.82 Å². The van der Waals surface area contributed by atoms with Crippen molar-refractivity contribution in [1.29, 1.82) is 0 Å². The summed E-state index contributed by atoms with van der Waals surface area (Å²) in [5.74, 6) is 1.22. The minimum Gasteiger partial charge on any atom is -0.380 e. The van der Waals surface area contributed by atoms with Gasteiger partial charge in [0, 0.05) is 25.3 Å². The van der Waals surface area contributed by atoms with E-state index in [1.807, 2.05) is 6.92 Å². The summed E-state index contributed by atoms with van der Waals surface area (Å²) in [5.41, 5.74) is 1.01. The molecule has 0 N–H and O–H groups in total. The molecule has 0 aromatic carbocycles. The molecule has 0 unspecified atom stereocenters. The first-order chi connectivity index (χ1) is 8.61. The normalized spacial score (nSPS) is 11.0. The van der Waals surface area contributed by atoms with Gasteiger partial charge in [-0.1, -0.05) is 25.4 Å². The van der Waals surface area contributed by atoms with Gasteiger partial charge in [-0.05, 0) is 19.8 Å². The zero-order valence-corrected chi connectivity index (χ0v) is 12.4. The maximum Gasteiger partial charge on any atom is 0.138 e. The van der Waals surface area contributed by atoms with E-state index in [2.05, 4.69) is 35.6 Å². The van der Waals surface area contributed by atoms with E-state index in [0.717, 1.165) is 31.1 Å². The first-order valence-electron chi connectivity index (χ1n) is 6.44. The van der Waals surface area contributed by atoms with Gasteiger partial charge in [0.15, 0.2) is 0 Å². The Hall–Kier alpha value is -0.870. The number of ether oxygens (including phenoxy) is 1. The van der Waals surface area contributed by atoms with Crippen molar-refractivity contribution in [3.8, 4) is 0 Å². The highest BCUT2D eigenvalue weighted by atomic mass is 35.5. The van der Waals surface area contributed by atoms with Crippen molar-refractivity contribution in [2.75, 3.05) is 31.2 Å². The second-order valence-electron chi connectivity index (χ2n) is 4.33. The fourth-order valence-electron chi connectivity index (χ4n) is 1.85. The van der Waals surface area contributed by atoms with Crippen LogP contribution in [0.5, 0.6) is 0 Å². The Balaban J connectivity index is 2.94. The van der Waals surface area contributed by atoms with E-state index in [1.54, 1.807) is 0 Å². The Bertz CT molecular complexity index is 371. The summed E-state index contributed by atoms with van der Waals surface area (Å²) in [5, 5.41) is 0.546. The van der Waals surface area contributed by atoms with Crippen molar-refractivity contribution in [3.05, 3.63) is 17.0 Å². The number of rotatable bonds is 7. The standard InChI is InChI=1S/C13H22ClN3O/c1-5-17(7-8-18-6-2)13-11(10(3)4)12(14)15-9-16-13/h9-10H,5-8H2,1-4H3. The van der Waals surface area contributed by atoms with Gasteiger partial charge in [-0.15, -0.1) is 0 Å². The zero-order valence-electron chi connectivity index (χ0n) is 11.6.